The van der Waals surface area contributed by atoms with Gasteiger partial charge in [0.15, 0.2) is 0 Å². The molecule has 1 aromatic heterocycles. The van der Waals surface area contributed by atoms with Crippen LogP contribution in [0.3, 0.4) is 0 Å². The number of hydrogen-bond donors (Lipinski definition) is 2. The summed E-state index contributed by atoms with van der Waals surface area (Å²) in [7, 11) is 0. The Hall–Kier alpha value is -2.10. The standard InChI is InChI=1S/C14H17N3O/c1-3-10(2)17-14(18)12-6-4-11(5-7-12)13-15-8-9-16-13/h4-10H,3H2,1-2H3,(H,15,16)(H,17,18). The molecule has 1 heterocycles. The lowest BCUT2D eigenvalue weighted by molar-refractivity contribution is 0.0939. The van der Waals surface area contributed by atoms with Crippen LogP contribution in [0.1, 0.15) is 30.6 Å². The predicted octanol–water partition coefficient (Wildman–Crippen LogP) is 2.61. The Morgan fingerprint density at radius 2 is 2.11 bits per heavy atom. The van der Waals surface area contributed by atoms with Crippen molar-refractivity contribution in [2.75, 3.05) is 0 Å². The molecular formula is C14H17N3O. The van der Waals surface area contributed by atoms with E-state index in [9.17, 15) is 4.79 Å². The van der Waals surface area contributed by atoms with Crippen molar-refractivity contribution >= 4 is 5.91 Å². The number of benzene rings is 1. The van der Waals surface area contributed by atoms with E-state index in [1.54, 1.807) is 12.4 Å². The number of carbonyl (C=O) groups excluding carboxylic acids is 1. The quantitative estimate of drug-likeness (QED) is 0.867. The topological polar surface area (TPSA) is 57.8 Å². The maximum absolute atomic E-state index is 11.9. The molecule has 2 rings (SSSR count). The van der Waals surface area contributed by atoms with Gasteiger partial charge in [-0.25, -0.2) is 4.98 Å². The van der Waals surface area contributed by atoms with Gasteiger partial charge in [0, 0.05) is 29.6 Å². The summed E-state index contributed by atoms with van der Waals surface area (Å²) in [6.45, 7) is 4.04. The van der Waals surface area contributed by atoms with Crippen LogP contribution in [-0.2, 0) is 0 Å². The van der Waals surface area contributed by atoms with Gasteiger partial charge in [-0.15, -0.1) is 0 Å². The van der Waals surface area contributed by atoms with Crippen LogP contribution < -0.4 is 5.32 Å². The molecule has 1 aromatic carbocycles. The molecule has 4 nitrogen and oxygen atoms in total. The van der Waals surface area contributed by atoms with Gasteiger partial charge in [-0.1, -0.05) is 19.1 Å². The van der Waals surface area contributed by atoms with Gasteiger partial charge in [-0.2, -0.15) is 0 Å². The molecule has 0 fully saturated rings. The van der Waals surface area contributed by atoms with E-state index >= 15 is 0 Å². The highest BCUT2D eigenvalue weighted by Gasteiger charge is 2.08. The number of carbonyl (C=O) groups is 1. The van der Waals surface area contributed by atoms with E-state index < -0.39 is 0 Å². The van der Waals surface area contributed by atoms with Crippen LogP contribution in [0.15, 0.2) is 36.7 Å². The number of amides is 1. The van der Waals surface area contributed by atoms with E-state index in [-0.39, 0.29) is 11.9 Å². The van der Waals surface area contributed by atoms with Crippen LogP contribution in [0.4, 0.5) is 0 Å². The van der Waals surface area contributed by atoms with Crippen molar-refractivity contribution in [1.82, 2.24) is 15.3 Å². The monoisotopic (exact) mass is 243 g/mol. The van der Waals surface area contributed by atoms with Gasteiger partial charge in [-0.05, 0) is 25.5 Å². The average molecular weight is 243 g/mol. The minimum Gasteiger partial charge on any atom is -0.350 e. The zero-order valence-electron chi connectivity index (χ0n) is 10.6. The average Bonchev–Trinajstić information content (AvgIpc) is 2.92. The summed E-state index contributed by atoms with van der Waals surface area (Å²) >= 11 is 0. The molecular weight excluding hydrogens is 226 g/mol. The fraction of sp³-hybridized carbons (Fsp3) is 0.286. The second-order valence-corrected chi connectivity index (χ2v) is 4.30. The highest BCUT2D eigenvalue weighted by molar-refractivity contribution is 5.94. The third-order valence-corrected chi connectivity index (χ3v) is 2.91. The Balaban J connectivity index is 2.10. The normalized spacial score (nSPS) is 12.1. The highest BCUT2D eigenvalue weighted by Crippen LogP contribution is 2.15. The van der Waals surface area contributed by atoms with E-state index in [2.05, 4.69) is 15.3 Å². The van der Waals surface area contributed by atoms with Crippen molar-refractivity contribution in [3.05, 3.63) is 42.2 Å². The van der Waals surface area contributed by atoms with E-state index in [1.165, 1.54) is 0 Å². The van der Waals surface area contributed by atoms with Gasteiger partial charge < -0.3 is 10.3 Å². The van der Waals surface area contributed by atoms with Crippen molar-refractivity contribution < 1.29 is 4.79 Å². The second kappa shape index (κ2) is 5.49. The van der Waals surface area contributed by atoms with Crippen molar-refractivity contribution in [2.45, 2.75) is 26.3 Å². The summed E-state index contributed by atoms with van der Waals surface area (Å²) in [5, 5.41) is 2.94. The second-order valence-electron chi connectivity index (χ2n) is 4.30. The van der Waals surface area contributed by atoms with Crippen LogP contribution >= 0.6 is 0 Å². The Labute approximate surface area is 106 Å². The van der Waals surface area contributed by atoms with Crippen LogP contribution in [0, 0.1) is 0 Å². The number of H-pyrrole nitrogens is 1. The molecule has 0 spiro atoms. The summed E-state index contributed by atoms with van der Waals surface area (Å²) in [6.07, 6.45) is 4.41. The Bertz CT molecular complexity index is 502. The van der Waals surface area contributed by atoms with Gasteiger partial charge in [0.1, 0.15) is 5.82 Å². The first-order valence-corrected chi connectivity index (χ1v) is 6.11. The third kappa shape index (κ3) is 2.77. The smallest absolute Gasteiger partial charge is 0.251 e. The van der Waals surface area contributed by atoms with Gasteiger partial charge >= 0.3 is 0 Å². The van der Waals surface area contributed by atoms with E-state index in [0.29, 0.717) is 5.56 Å². The van der Waals surface area contributed by atoms with Crippen LogP contribution in [0.2, 0.25) is 0 Å². The molecule has 0 aliphatic carbocycles. The Kier molecular flexibility index (Phi) is 3.77. The summed E-state index contributed by atoms with van der Waals surface area (Å²) in [5.41, 5.74) is 1.64. The fourth-order valence-electron chi connectivity index (χ4n) is 1.61. The number of aromatic nitrogens is 2. The number of nitrogens with zero attached hydrogens (tertiary/aromatic N) is 1. The highest BCUT2D eigenvalue weighted by atomic mass is 16.1. The third-order valence-electron chi connectivity index (χ3n) is 2.91. The molecule has 1 unspecified atom stereocenters. The van der Waals surface area contributed by atoms with E-state index in [0.717, 1.165) is 17.8 Å². The van der Waals surface area contributed by atoms with Gasteiger partial charge in [0.05, 0.1) is 0 Å². The molecule has 4 heteroatoms. The number of nitrogens with one attached hydrogen (secondary N) is 2. The Morgan fingerprint density at radius 3 is 2.67 bits per heavy atom. The molecule has 0 saturated heterocycles. The SMILES string of the molecule is CCC(C)NC(=O)c1ccc(-c2ncc[nH]2)cc1. The van der Waals surface area contributed by atoms with Crippen LogP contribution in [-0.4, -0.2) is 21.9 Å². The first-order chi connectivity index (χ1) is 8.70. The zero-order chi connectivity index (χ0) is 13.0. The van der Waals surface area contributed by atoms with Gasteiger partial charge in [-0.3, -0.25) is 4.79 Å². The molecule has 0 aliphatic rings. The first kappa shape index (κ1) is 12.4. The molecule has 18 heavy (non-hydrogen) atoms. The van der Waals surface area contributed by atoms with E-state index in [4.69, 9.17) is 0 Å². The van der Waals surface area contributed by atoms with Crippen LogP contribution in [0.25, 0.3) is 11.4 Å². The van der Waals surface area contributed by atoms with Gasteiger partial charge in [0.2, 0.25) is 0 Å². The van der Waals surface area contributed by atoms with E-state index in [1.807, 2.05) is 38.1 Å². The molecule has 0 radical (unpaired) electrons. The van der Waals surface area contributed by atoms with Gasteiger partial charge in [0.25, 0.3) is 5.91 Å². The maximum atomic E-state index is 11.9. The molecule has 0 aliphatic heterocycles. The lowest BCUT2D eigenvalue weighted by Crippen LogP contribution is -2.31. The molecule has 0 bridgehead atoms. The minimum absolute atomic E-state index is 0.0321. The molecule has 1 amide bonds. The first-order valence-electron chi connectivity index (χ1n) is 6.11. The number of rotatable bonds is 4. The minimum atomic E-state index is -0.0321. The molecule has 2 N–H and O–H groups in total. The fourth-order valence-corrected chi connectivity index (χ4v) is 1.61. The summed E-state index contributed by atoms with van der Waals surface area (Å²) < 4.78 is 0. The number of hydrogen-bond acceptors (Lipinski definition) is 2. The molecule has 2 aromatic rings. The lowest BCUT2D eigenvalue weighted by Gasteiger charge is -2.11. The van der Waals surface area contributed by atoms with Crippen molar-refractivity contribution in [1.29, 1.82) is 0 Å². The molecule has 0 saturated carbocycles. The Morgan fingerprint density at radius 1 is 1.39 bits per heavy atom. The summed E-state index contributed by atoms with van der Waals surface area (Å²) in [5.74, 6) is 0.777. The van der Waals surface area contributed by atoms with Crippen molar-refractivity contribution in [3.63, 3.8) is 0 Å². The van der Waals surface area contributed by atoms with Crippen molar-refractivity contribution in [2.24, 2.45) is 0 Å². The summed E-state index contributed by atoms with van der Waals surface area (Å²) in [6, 6.07) is 7.61. The zero-order valence-corrected chi connectivity index (χ0v) is 10.6. The maximum Gasteiger partial charge on any atom is 0.251 e. The number of aromatic amines is 1. The van der Waals surface area contributed by atoms with Crippen LogP contribution in [0.5, 0.6) is 0 Å². The molecule has 1 atom stereocenters. The molecule has 94 valence electrons. The lowest BCUT2D eigenvalue weighted by atomic mass is 10.1. The predicted molar refractivity (Wildman–Crippen MR) is 71.2 cm³/mol. The largest absolute Gasteiger partial charge is 0.350 e. The summed E-state index contributed by atoms with van der Waals surface area (Å²) in [4.78, 5) is 19.1. The number of imidazole rings is 1. The van der Waals surface area contributed by atoms with Crippen molar-refractivity contribution in [3.8, 4) is 11.4 Å².